The van der Waals surface area contributed by atoms with Crippen LogP contribution in [0.1, 0.15) is 39.5 Å². The van der Waals surface area contributed by atoms with Gasteiger partial charge in [-0.05, 0) is 26.7 Å². The first-order valence-corrected chi connectivity index (χ1v) is 12.1. The molecule has 0 radical (unpaired) electrons. The number of halogens is 1. The lowest BCUT2D eigenvalue weighted by atomic mass is 9.94. The zero-order valence-corrected chi connectivity index (χ0v) is 18.8. The van der Waals surface area contributed by atoms with Gasteiger partial charge in [0.2, 0.25) is 16.9 Å². The number of alkyl halides is 1. The number of nitrogens with one attached hydrogen (secondary N) is 1. The second-order valence-corrected chi connectivity index (χ2v) is 10.4. The molecule has 1 saturated heterocycles. The molecule has 0 aromatic carbocycles. The first-order valence-electron chi connectivity index (χ1n) is 9.75. The van der Waals surface area contributed by atoms with Crippen LogP contribution in [0.2, 0.25) is 0 Å². The maximum atomic E-state index is 12.5. The monoisotopic (exact) mass is 445 g/mol. The maximum Gasteiger partial charge on any atom is 0.230 e. The molecule has 1 saturated carbocycles. The van der Waals surface area contributed by atoms with Gasteiger partial charge in [-0.15, -0.1) is 21.8 Å². The molecular formula is C18H28ClN5O2S2. The molecule has 0 atom stereocenters. The van der Waals surface area contributed by atoms with E-state index in [9.17, 15) is 9.59 Å². The summed E-state index contributed by atoms with van der Waals surface area (Å²) in [5, 5.41) is 12.4. The summed E-state index contributed by atoms with van der Waals surface area (Å²) in [6, 6.07) is 0.348. The fraction of sp³-hybridized carbons (Fsp3) is 0.778. The first-order chi connectivity index (χ1) is 13.4. The number of anilines is 1. The minimum atomic E-state index is -0.532. The Morgan fingerprint density at radius 2 is 1.89 bits per heavy atom. The van der Waals surface area contributed by atoms with E-state index in [4.69, 9.17) is 11.6 Å². The normalized spacial score (nSPS) is 18.5. The van der Waals surface area contributed by atoms with Crippen molar-refractivity contribution >= 4 is 51.6 Å². The third-order valence-corrected chi connectivity index (χ3v) is 7.98. The highest BCUT2D eigenvalue weighted by Crippen LogP contribution is 2.29. The van der Waals surface area contributed by atoms with Gasteiger partial charge >= 0.3 is 0 Å². The van der Waals surface area contributed by atoms with Crippen molar-refractivity contribution in [3.05, 3.63) is 0 Å². The standard InChI is InChI=1S/C18H28ClN5O2S2/c1-18(2,12-19)15(26)23-7-9-24(10-8-23)16-21-22-17(28-16)27-11-14(25)20-13-5-3-4-6-13/h13H,3-12H2,1-2H3,(H,20,25). The molecule has 1 N–H and O–H groups in total. The highest BCUT2D eigenvalue weighted by atomic mass is 35.5. The molecule has 1 aliphatic carbocycles. The summed E-state index contributed by atoms with van der Waals surface area (Å²) in [5.74, 6) is 0.866. The average Bonchev–Trinajstić information content (AvgIpc) is 3.38. The molecule has 3 rings (SSSR count). The highest BCUT2D eigenvalue weighted by Gasteiger charge is 2.33. The van der Waals surface area contributed by atoms with E-state index in [1.165, 1.54) is 35.9 Å². The SMILES string of the molecule is CC(C)(CCl)C(=O)N1CCN(c2nnc(SCC(=O)NC3CCCC3)s2)CC1. The number of nitrogens with zero attached hydrogens (tertiary/aromatic N) is 4. The molecule has 2 aliphatic rings. The molecular weight excluding hydrogens is 418 g/mol. The van der Waals surface area contributed by atoms with Crippen molar-refractivity contribution in [1.29, 1.82) is 0 Å². The number of piperazine rings is 1. The molecule has 0 unspecified atom stereocenters. The zero-order valence-electron chi connectivity index (χ0n) is 16.4. The van der Waals surface area contributed by atoms with Crippen LogP contribution in [0, 0.1) is 5.41 Å². The van der Waals surface area contributed by atoms with Gasteiger partial charge in [-0.25, -0.2) is 0 Å². The van der Waals surface area contributed by atoms with Gasteiger partial charge in [0, 0.05) is 38.1 Å². The molecule has 156 valence electrons. The Bertz CT molecular complexity index is 685. The van der Waals surface area contributed by atoms with Crippen molar-refractivity contribution in [2.45, 2.75) is 49.9 Å². The lowest BCUT2D eigenvalue weighted by Gasteiger charge is -2.37. The molecule has 2 amide bonds. The Hall–Kier alpha value is -1.06. The molecule has 0 spiro atoms. The third kappa shape index (κ3) is 5.51. The molecule has 10 heteroatoms. The van der Waals surface area contributed by atoms with E-state index in [-0.39, 0.29) is 11.8 Å². The van der Waals surface area contributed by atoms with Crippen molar-refractivity contribution in [3.8, 4) is 0 Å². The van der Waals surface area contributed by atoms with Gasteiger partial charge in [0.25, 0.3) is 0 Å². The average molecular weight is 446 g/mol. The number of aromatic nitrogens is 2. The third-order valence-electron chi connectivity index (χ3n) is 5.19. The fourth-order valence-corrected chi connectivity index (χ4v) is 5.26. The summed E-state index contributed by atoms with van der Waals surface area (Å²) in [5.41, 5.74) is -0.532. The summed E-state index contributed by atoms with van der Waals surface area (Å²) in [6.45, 7) is 6.53. The van der Waals surface area contributed by atoms with E-state index in [1.807, 2.05) is 18.7 Å². The minimum Gasteiger partial charge on any atom is -0.353 e. The van der Waals surface area contributed by atoms with E-state index in [1.54, 1.807) is 0 Å². The zero-order chi connectivity index (χ0) is 20.1. The summed E-state index contributed by atoms with van der Waals surface area (Å²) in [4.78, 5) is 28.6. The molecule has 0 bridgehead atoms. The van der Waals surface area contributed by atoms with Gasteiger partial charge in [0.05, 0.1) is 11.2 Å². The summed E-state index contributed by atoms with van der Waals surface area (Å²) < 4.78 is 0.804. The van der Waals surface area contributed by atoms with Crippen LogP contribution in [0.4, 0.5) is 5.13 Å². The fourth-order valence-electron chi connectivity index (χ4n) is 3.44. The lowest BCUT2D eigenvalue weighted by Crippen LogP contribution is -2.52. The van der Waals surface area contributed by atoms with E-state index in [0.29, 0.717) is 30.8 Å². The van der Waals surface area contributed by atoms with Crippen LogP contribution in [0.5, 0.6) is 0 Å². The minimum absolute atomic E-state index is 0.0719. The predicted octanol–water partition coefficient (Wildman–Crippen LogP) is 2.60. The largest absolute Gasteiger partial charge is 0.353 e. The Morgan fingerprint density at radius 1 is 1.21 bits per heavy atom. The number of thioether (sulfide) groups is 1. The molecule has 1 aliphatic heterocycles. The summed E-state index contributed by atoms with van der Waals surface area (Å²) >= 11 is 8.87. The Kier molecular flexibility index (Phi) is 7.44. The molecule has 2 fully saturated rings. The van der Waals surface area contributed by atoms with E-state index in [0.717, 1.165) is 35.4 Å². The molecule has 7 nitrogen and oxygen atoms in total. The second kappa shape index (κ2) is 9.63. The van der Waals surface area contributed by atoms with Crippen LogP contribution in [0.25, 0.3) is 0 Å². The quantitative estimate of drug-likeness (QED) is 0.513. The number of rotatable bonds is 7. The van der Waals surface area contributed by atoms with Gasteiger partial charge in [-0.3, -0.25) is 9.59 Å². The van der Waals surface area contributed by atoms with Crippen LogP contribution in [0.3, 0.4) is 0 Å². The highest BCUT2D eigenvalue weighted by molar-refractivity contribution is 8.01. The van der Waals surface area contributed by atoms with Crippen LogP contribution in [-0.2, 0) is 9.59 Å². The number of hydrogen-bond donors (Lipinski definition) is 1. The summed E-state index contributed by atoms with van der Waals surface area (Å²) in [7, 11) is 0. The number of amides is 2. The summed E-state index contributed by atoms with van der Waals surface area (Å²) in [6.07, 6.45) is 4.60. The van der Waals surface area contributed by atoms with E-state index < -0.39 is 5.41 Å². The smallest absolute Gasteiger partial charge is 0.230 e. The molecule has 2 heterocycles. The first kappa shape index (κ1) is 21.6. The molecule has 1 aromatic rings. The number of carbonyl (C=O) groups excluding carboxylic acids is 2. The topological polar surface area (TPSA) is 78.4 Å². The van der Waals surface area contributed by atoms with Crippen LogP contribution >= 0.6 is 34.7 Å². The number of carbonyl (C=O) groups is 2. The van der Waals surface area contributed by atoms with Crippen LogP contribution < -0.4 is 10.2 Å². The molecule has 1 aromatic heterocycles. The van der Waals surface area contributed by atoms with Crippen molar-refractivity contribution in [3.63, 3.8) is 0 Å². The van der Waals surface area contributed by atoms with Gasteiger partial charge < -0.3 is 15.1 Å². The molecule has 28 heavy (non-hydrogen) atoms. The van der Waals surface area contributed by atoms with Crippen molar-refractivity contribution < 1.29 is 9.59 Å². The van der Waals surface area contributed by atoms with E-state index in [2.05, 4.69) is 20.4 Å². The lowest BCUT2D eigenvalue weighted by molar-refractivity contribution is -0.139. The Balaban J connectivity index is 1.44. The Morgan fingerprint density at radius 3 is 2.54 bits per heavy atom. The van der Waals surface area contributed by atoms with Crippen molar-refractivity contribution in [2.24, 2.45) is 5.41 Å². The van der Waals surface area contributed by atoms with E-state index >= 15 is 0 Å². The second-order valence-electron chi connectivity index (χ2n) is 7.98. The van der Waals surface area contributed by atoms with Gasteiger partial charge in [0.1, 0.15) is 0 Å². The van der Waals surface area contributed by atoms with Gasteiger partial charge in [-0.1, -0.05) is 35.9 Å². The van der Waals surface area contributed by atoms with Crippen molar-refractivity contribution in [2.75, 3.05) is 42.7 Å². The predicted molar refractivity (Wildman–Crippen MR) is 114 cm³/mol. The van der Waals surface area contributed by atoms with Crippen molar-refractivity contribution in [1.82, 2.24) is 20.4 Å². The van der Waals surface area contributed by atoms with Crippen LogP contribution in [0.15, 0.2) is 4.34 Å². The van der Waals surface area contributed by atoms with Crippen LogP contribution in [-0.4, -0.2) is 70.8 Å². The van der Waals surface area contributed by atoms with Gasteiger partial charge in [0.15, 0.2) is 4.34 Å². The number of hydrogen-bond acceptors (Lipinski definition) is 7. The Labute approximate surface area is 179 Å². The van der Waals surface area contributed by atoms with Gasteiger partial charge in [-0.2, -0.15) is 0 Å². The maximum absolute atomic E-state index is 12.5.